The van der Waals surface area contributed by atoms with Crippen molar-refractivity contribution in [2.45, 2.75) is 46.5 Å². The highest BCUT2D eigenvalue weighted by atomic mass is 14.2. The van der Waals surface area contributed by atoms with Gasteiger partial charge < -0.3 is 0 Å². The van der Waals surface area contributed by atoms with Crippen LogP contribution in [0.2, 0.25) is 0 Å². The summed E-state index contributed by atoms with van der Waals surface area (Å²) in [6.07, 6.45) is 5.12. The normalized spacial score (nSPS) is 11.4. The molecular weight excluding hydrogens is 120 g/mol. The third-order valence-corrected chi connectivity index (χ3v) is 2.18. The molecule has 0 aromatic heterocycles. The Labute approximate surface area is 66.0 Å². The lowest BCUT2D eigenvalue weighted by Gasteiger charge is -2.18. The smallest absolute Gasteiger partial charge is 0.0391 e. The average Bonchev–Trinajstić information content (AvgIpc) is 1.87. The maximum Gasteiger partial charge on any atom is -0.0391 e. The first-order valence-corrected chi connectivity index (χ1v) is 4.51. The Balaban J connectivity index is 3.50. The Morgan fingerprint density at radius 2 is 1.80 bits per heavy atom. The molecule has 1 atom stereocenters. The molecule has 0 aromatic carbocycles. The zero-order valence-electron chi connectivity index (χ0n) is 7.69. The van der Waals surface area contributed by atoms with E-state index < -0.39 is 0 Å². The molecule has 0 aliphatic carbocycles. The fraction of sp³-hybridized carbons (Fsp3) is 0.900. The lowest BCUT2D eigenvalue weighted by atomic mass is 9.88. The van der Waals surface area contributed by atoms with Crippen LogP contribution in [0.5, 0.6) is 0 Å². The topological polar surface area (TPSA) is 0 Å². The maximum atomic E-state index is 3.89. The van der Waals surface area contributed by atoms with E-state index in [1.54, 1.807) is 0 Å². The Kier molecular flexibility index (Phi) is 5.76. The second-order valence-electron chi connectivity index (χ2n) is 3.44. The molecule has 0 heterocycles. The van der Waals surface area contributed by atoms with Crippen LogP contribution >= 0.6 is 0 Å². The SMILES string of the molecule is [CH2]CCC(CCC)C(C)C. The van der Waals surface area contributed by atoms with E-state index in [0.29, 0.717) is 0 Å². The van der Waals surface area contributed by atoms with Gasteiger partial charge in [0.25, 0.3) is 0 Å². The van der Waals surface area contributed by atoms with E-state index in [9.17, 15) is 0 Å². The molecule has 0 bridgehead atoms. The summed E-state index contributed by atoms with van der Waals surface area (Å²) in [6.45, 7) is 10.8. The van der Waals surface area contributed by atoms with E-state index in [0.717, 1.165) is 18.3 Å². The van der Waals surface area contributed by atoms with Crippen LogP contribution in [0.3, 0.4) is 0 Å². The minimum Gasteiger partial charge on any atom is -0.0654 e. The first-order valence-electron chi connectivity index (χ1n) is 4.51. The van der Waals surface area contributed by atoms with Crippen LogP contribution in [-0.4, -0.2) is 0 Å². The molecule has 0 amide bonds. The molecule has 0 aliphatic heterocycles. The van der Waals surface area contributed by atoms with Crippen molar-refractivity contribution in [3.05, 3.63) is 6.92 Å². The van der Waals surface area contributed by atoms with Crippen molar-refractivity contribution < 1.29 is 0 Å². The molecule has 1 unspecified atom stereocenters. The molecule has 0 fully saturated rings. The summed E-state index contributed by atoms with van der Waals surface area (Å²) in [7, 11) is 0. The van der Waals surface area contributed by atoms with Gasteiger partial charge in [0.2, 0.25) is 0 Å². The molecule has 0 N–H and O–H groups in total. The summed E-state index contributed by atoms with van der Waals surface area (Å²) >= 11 is 0. The van der Waals surface area contributed by atoms with Crippen LogP contribution in [0.25, 0.3) is 0 Å². The minimum atomic E-state index is 0.849. The van der Waals surface area contributed by atoms with E-state index in [1.165, 1.54) is 19.3 Å². The van der Waals surface area contributed by atoms with Crippen LogP contribution < -0.4 is 0 Å². The molecule has 0 saturated carbocycles. The minimum absolute atomic E-state index is 0.849. The summed E-state index contributed by atoms with van der Waals surface area (Å²) in [5.74, 6) is 1.77. The van der Waals surface area contributed by atoms with Crippen molar-refractivity contribution in [2.24, 2.45) is 11.8 Å². The van der Waals surface area contributed by atoms with Crippen LogP contribution in [0, 0.1) is 18.8 Å². The summed E-state index contributed by atoms with van der Waals surface area (Å²) in [4.78, 5) is 0. The van der Waals surface area contributed by atoms with Gasteiger partial charge in [-0.15, -0.1) is 0 Å². The molecule has 1 radical (unpaired) electrons. The standard InChI is InChI=1S/C10H21/c1-5-7-10(8-6-2)9(3)4/h9-10H,1,5-8H2,2-4H3. The number of hydrogen-bond donors (Lipinski definition) is 0. The van der Waals surface area contributed by atoms with Gasteiger partial charge in [0.1, 0.15) is 0 Å². The van der Waals surface area contributed by atoms with Gasteiger partial charge in [-0.3, -0.25) is 0 Å². The fourth-order valence-corrected chi connectivity index (χ4v) is 1.44. The molecule has 0 nitrogen and oxygen atoms in total. The largest absolute Gasteiger partial charge is 0.0654 e. The average molecular weight is 141 g/mol. The van der Waals surface area contributed by atoms with Gasteiger partial charge >= 0.3 is 0 Å². The third kappa shape index (κ3) is 3.92. The van der Waals surface area contributed by atoms with Gasteiger partial charge in [-0.25, -0.2) is 0 Å². The Bertz CT molecular complexity index is 58.4. The Morgan fingerprint density at radius 3 is 2.10 bits per heavy atom. The molecule has 0 saturated heterocycles. The quantitative estimate of drug-likeness (QED) is 0.548. The zero-order chi connectivity index (χ0) is 7.98. The predicted octanol–water partition coefficient (Wildman–Crippen LogP) is 3.67. The van der Waals surface area contributed by atoms with E-state index in [4.69, 9.17) is 0 Å². The van der Waals surface area contributed by atoms with Crippen LogP contribution in [0.4, 0.5) is 0 Å². The Morgan fingerprint density at radius 1 is 1.20 bits per heavy atom. The van der Waals surface area contributed by atoms with Gasteiger partial charge in [0.15, 0.2) is 0 Å². The van der Waals surface area contributed by atoms with E-state index >= 15 is 0 Å². The molecular formula is C10H21. The van der Waals surface area contributed by atoms with Crippen LogP contribution in [0.15, 0.2) is 0 Å². The number of hydrogen-bond acceptors (Lipinski definition) is 0. The van der Waals surface area contributed by atoms with Crippen molar-refractivity contribution in [1.82, 2.24) is 0 Å². The summed E-state index contributed by atoms with van der Waals surface area (Å²) in [5, 5.41) is 0. The Hall–Kier alpha value is 0. The van der Waals surface area contributed by atoms with Crippen LogP contribution in [-0.2, 0) is 0 Å². The van der Waals surface area contributed by atoms with E-state index in [1.807, 2.05) is 0 Å². The van der Waals surface area contributed by atoms with E-state index in [2.05, 4.69) is 27.7 Å². The first-order chi connectivity index (χ1) is 4.72. The summed E-state index contributed by atoms with van der Waals surface area (Å²) in [6, 6.07) is 0. The second-order valence-corrected chi connectivity index (χ2v) is 3.44. The monoisotopic (exact) mass is 141 g/mol. The molecule has 0 aliphatic rings. The maximum absolute atomic E-state index is 3.89. The van der Waals surface area contributed by atoms with Gasteiger partial charge in [0, 0.05) is 0 Å². The highest BCUT2D eigenvalue weighted by Crippen LogP contribution is 2.21. The first kappa shape index (κ1) is 10.0. The fourth-order valence-electron chi connectivity index (χ4n) is 1.44. The van der Waals surface area contributed by atoms with Crippen molar-refractivity contribution in [1.29, 1.82) is 0 Å². The molecule has 0 rings (SSSR count). The molecule has 0 aromatic rings. The third-order valence-electron chi connectivity index (χ3n) is 2.18. The van der Waals surface area contributed by atoms with Crippen molar-refractivity contribution in [3.8, 4) is 0 Å². The molecule has 10 heavy (non-hydrogen) atoms. The van der Waals surface area contributed by atoms with Gasteiger partial charge in [0.05, 0.1) is 0 Å². The zero-order valence-corrected chi connectivity index (χ0v) is 7.69. The molecule has 0 spiro atoms. The van der Waals surface area contributed by atoms with Crippen LogP contribution in [0.1, 0.15) is 46.5 Å². The molecule has 61 valence electrons. The second kappa shape index (κ2) is 5.76. The van der Waals surface area contributed by atoms with E-state index in [-0.39, 0.29) is 0 Å². The lowest BCUT2D eigenvalue weighted by Crippen LogP contribution is -2.07. The van der Waals surface area contributed by atoms with Crippen molar-refractivity contribution in [3.63, 3.8) is 0 Å². The molecule has 0 heteroatoms. The lowest BCUT2D eigenvalue weighted by molar-refractivity contribution is 0.335. The van der Waals surface area contributed by atoms with Crippen molar-refractivity contribution in [2.75, 3.05) is 0 Å². The van der Waals surface area contributed by atoms with Gasteiger partial charge in [-0.1, -0.05) is 53.4 Å². The highest BCUT2D eigenvalue weighted by molar-refractivity contribution is 4.62. The number of rotatable bonds is 5. The van der Waals surface area contributed by atoms with Gasteiger partial charge in [-0.2, -0.15) is 0 Å². The summed E-state index contributed by atoms with van der Waals surface area (Å²) in [5.41, 5.74) is 0. The highest BCUT2D eigenvalue weighted by Gasteiger charge is 2.09. The van der Waals surface area contributed by atoms with Gasteiger partial charge in [-0.05, 0) is 11.8 Å². The van der Waals surface area contributed by atoms with Crippen molar-refractivity contribution >= 4 is 0 Å². The predicted molar refractivity (Wildman–Crippen MR) is 47.8 cm³/mol. The summed E-state index contributed by atoms with van der Waals surface area (Å²) < 4.78 is 0.